The largest absolute Gasteiger partial charge is 0.446 e. The molecule has 1 N–H and O–H groups in total. The molecule has 1 aromatic heterocycles. The Morgan fingerprint density at radius 3 is 2.48 bits per heavy atom. The van der Waals surface area contributed by atoms with Gasteiger partial charge in [-0.1, -0.05) is 38.2 Å². The predicted octanol–water partition coefficient (Wildman–Crippen LogP) is 3.10. The molecule has 0 radical (unpaired) electrons. The van der Waals surface area contributed by atoms with Crippen molar-refractivity contribution in [2.24, 2.45) is 5.92 Å². The van der Waals surface area contributed by atoms with Gasteiger partial charge in [0, 0.05) is 6.04 Å². The van der Waals surface area contributed by atoms with E-state index in [1.807, 2.05) is 13.8 Å². The molecule has 1 unspecified atom stereocenters. The first-order chi connectivity index (χ1) is 11.9. The lowest BCUT2D eigenvalue weighted by atomic mass is 9.90. The summed E-state index contributed by atoms with van der Waals surface area (Å²) in [5, 5.41) is 18.6. The maximum absolute atomic E-state index is 11.8. The Balaban J connectivity index is 2.18. The van der Waals surface area contributed by atoms with Crippen LogP contribution in [0.5, 0.6) is 6.08 Å². The van der Waals surface area contributed by atoms with Crippen molar-refractivity contribution in [3.8, 4) is 6.08 Å². The number of hydrogen-bond donors (Lipinski definition) is 1. The van der Waals surface area contributed by atoms with Crippen molar-refractivity contribution < 1.29 is 19.1 Å². The van der Waals surface area contributed by atoms with E-state index in [4.69, 9.17) is 9.15 Å². The maximum Gasteiger partial charge on any atom is 0.414 e. The van der Waals surface area contributed by atoms with Crippen LogP contribution in [0.1, 0.15) is 78.2 Å². The van der Waals surface area contributed by atoms with Gasteiger partial charge in [-0.15, -0.1) is 5.10 Å². The molecule has 1 saturated carbocycles. The number of carbonyl (C=O) groups is 1. The molecule has 1 aliphatic rings. The number of carbonyl (C=O) groups excluding carboxylic acids is 1. The summed E-state index contributed by atoms with van der Waals surface area (Å²) < 4.78 is 10.8. The Morgan fingerprint density at radius 1 is 1.24 bits per heavy atom. The number of nitrogens with zero attached hydrogens (tertiary/aromatic N) is 3. The Hall–Kier alpha value is -1.63. The average molecular weight is 353 g/mol. The standard InChI is InChI=1S/C18H31N3O4/c1-12(2)10-15(21(11-22)14-8-6-5-7-9-14)16(23)17-19-20-18(25-17)24-13(3)4/h11-16,23H,5-10H2,1-4H3/t15-,16?/m0/s1. The van der Waals surface area contributed by atoms with Crippen LogP contribution in [-0.4, -0.2) is 44.8 Å². The highest BCUT2D eigenvalue weighted by Gasteiger charge is 2.35. The first-order valence-corrected chi connectivity index (χ1v) is 9.33. The van der Waals surface area contributed by atoms with E-state index in [-0.39, 0.29) is 30.2 Å². The summed E-state index contributed by atoms with van der Waals surface area (Å²) in [4.78, 5) is 13.6. The third kappa shape index (κ3) is 5.42. The number of rotatable bonds is 9. The minimum absolute atomic E-state index is 0.0441. The van der Waals surface area contributed by atoms with Gasteiger partial charge < -0.3 is 19.2 Å². The molecule has 1 amide bonds. The predicted molar refractivity (Wildman–Crippen MR) is 93.0 cm³/mol. The normalized spacial score (nSPS) is 18.4. The van der Waals surface area contributed by atoms with Gasteiger partial charge in [-0.25, -0.2) is 0 Å². The van der Waals surface area contributed by atoms with Crippen molar-refractivity contribution >= 4 is 6.41 Å². The number of ether oxygens (including phenoxy) is 1. The molecular weight excluding hydrogens is 322 g/mol. The van der Waals surface area contributed by atoms with E-state index in [0.717, 1.165) is 32.1 Å². The topological polar surface area (TPSA) is 88.7 Å². The van der Waals surface area contributed by atoms with Crippen LogP contribution in [0.4, 0.5) is 0 Å². The molecule has 7 nitrogen and oxygen atoms in total. The lowest BCUT2D eigenvalue weighted by Gasteiger charge is -2.39. The van der Waals surface area contributed by atoms with Gasteiger partial charge in [0.15, 0.2) is 6.10 Å². The second kappa shape index (κ2) is 9.17. The van der Waals surface area contributed by atoms with Crippen molar-refractivity contribution in [3.63, 3.8) is 0 Å². The first kappa shape index (κ1) is 19.7. The van der Waals surface area contributed by atoms with Crippen LogP contribution in [0.15, 0.2) is 4.42 Å². The summed E-state index contributed by atoms with van der Waals surface area (Å²) in [5.74, 6) is 0.420. The van der Waals surface area contributed by atoms with Gasteiger partial charge in [-0.05, 0) is 39.0 Å². The van der Waals surface area contributed by atoms with Crippen molar-refractivity contribution in [2.75, 3.05) is 0 Å². The van der Waals surface area contributed by atoms with Gasteiger partial charge in [-0.2, -0.15) is 0 Å². The maximum atomic E-state index is 11.8. The number of aromatic nitrogens is 2. The third-order valence-corrected chi connectivity index (χ3v) is 4.59. The fraction of sp³-hybridized carbons (Fsp3) is 0.833. The highest BCUT2D eigenvalue weighted by Crippen LogP contribution is 2.31. The molecule has 0 aliphatic heterocycles. The average Bonchev–Trinajstić information content (AvgIpc) is 3.02. The molecule has 0 aromatic carbocycles. The fourth-order valence-electron chi connectivity index (χ4n) is 3.46. The van der Waals surface area contributed by atoms with Crippen LogP contribution in [0.3, 0.4) is 0 Å². The van der Waals surface area contributed by atoms with Gasteiger partial charge in [0.05, 0.1) is 12.1 Å². The van der Waals surface area contributed by atoms with Crippen molar-refractivity contribution in [1.29, 1.82) is 0 Å². The van der Waals surface area contributed by atoms with E-state index in [1.54, 1.807) is 4.90 Å². The molecule has 25 heavy (non-hydrogen) atoms. The summed E-state index contributed by atoms with van der Waals surface area (Å²) in [6, 6.07) is -0.216. The molecule has 1 aromatic rings. The summed E-state index contributed by atoms with van der Waals surface area (Å²) in [6.45, 7) is 7.87. The molecule has 0 saturated heterocycles. The third-order valence-electron chi connectivity index (χ3n) is 4.59. The summed E-state index contributed by atoms with van der Waals surface area (Å²) >= 11 is 0. The molecule has 0 bridgehead atoms. The monoisotopic (exact) mass is 353 g/mol. The SMILES string of the molecule is CC(C)C[C@@H](C(O)c1nnc(OC(C)C)o1)N(C=O)C1CCCCC1. The van der Waals surface area contributed by atoms with Crippen molar-refractivity contribution in [2.45, 2.75) is 90.5 Å². The lowest BCUT2D eigenvalue weighted by Crippen LogP contribution is -2.47. The van der Waals surface area contributed by atoms with Crippen LogP contribution in [0.2, 0.25) is 0 Å². The molecule has 142 valence electrons. The summed E-state index contributed by atoms with van der Waals surface area (Å²) in [6.07, 6.45) is 5.86. The molecule has 1 fully saturated rings. The van der Waals surface area contributed by atoms with Crippen LogP contribution >= 0.6 is 0 Å². The molecule has 0 spiro atoms. The molecule has 2 atom stereocenters. The molecule has 7 heteroatoms. The van der Waals surface area contributed by atoms with Gasteiger partial charge in [0.2, 0.25) is 6.41 Å². The van der Waals surface area contributed by atoms with E-state index >= 15 is 0 Å². The van der Waals surface area contributed by atoms with Crippen LogP contribution in [-0.2, 0) is 4.79 Å². The van der Waals surface area contributed by atoms with Gasteiger partial charge >= 0.3 is 6.08 Å². The van der Waals surface area contributed by atoms with Crippen LogP contribution < -0.4 is 4.74 Å². The Bertz CT molecular complexity index is 526. The van der Waals surface area contributed by atoms with Crippen LogP contribution in [0.25, 0.3) is 0 Å². The quantitative estimate of drug-likeness (QED) is 0.686. The van der Waals surface area contributed by atoms with E-state index in [1.165, 1.54) is 6.42 Å². The van der Waals surface area contributed by atoms with Gasteiger partial charge in [0.1, 0.15) is 0 Å². The minimum atomic E-state index is -1.02. The van der Waals surface area contributed by atoms with Crippen LogP contribution in [0, 0.1) is 5.92 Å². The number of amides is 1. The summed E-state index contributed by atoms with van der Waals surface area (Å²) in [7, 11) is 0. The van der Waals surface area contributed by atoms with Gasteiger partial charge in [0.25, 0.3) is 5.89 Å². The highest BCUT2D eigenvalue weighted by molar-refractivity contribution is 5.49. The highest BCUT2D eigenvalue weighted by atomic mass is 16.6. The van der Waals surface area contributed by atoms with Crippen molar-refractivity contribution in [3.05, 3.63) is 5.89 Å². The van der Waals surface area contributed by atoms with E-state index in [2.05, 4.69) is 24.0 Å². The second-order valence-electron chi connectivity index (χ2n) is 7.56. The van der Waals surface area contributed by atoms with E-state index in [9.17, 15) is 9.90 Å². The zero-order chi connectivity index (χ0) is 18.4. The molecule has 1 heterocycles. The second-order valence-corrected chi connectivity index (χ2v) is 7.56. The van der Waals surface area contributed by atoms with Gasteiger partial charge in [-0.3, -0.25) is 4.79 Å². The molecule has 2 rings (SSSR count). The zero-order valence-corrected chi connectivity index (χ0v) is 15.7. The fourth-order valence-corrected chi connectivity index (χ4v) is 3.46. The molecule has 1 aliphatic carbocycles. The number of aliphatic hydroxyl groups is 1. The minimum Gasteiger partial charge on any atom is -0.446 e. The number of aliphatic hydroxyl groups excluding tert-OH is 1. The Morgan fingerprint density at radius 2 is 1.92 bits per heavy atom. The van der Waals surface area contributed by atoms with E-state index < -0.39 is 6.10 Å². The zero-order valence-electron chi connectivity index (χ0n) is 15.7. The smallest absolute Gasteiger partial charge is 0.414 e. The van der Waals surface area contributed by atoms with Crippen molar-refractivity contribution in [1.82, 2.24) is 15.1 Å². The first-order valence-electron chi connectivity index (χ1n) is 9.33. The summed E-state index contributed by atoms with van der Waals surface area (Å²) in [5.41, 5.74) is 0. The Kier molecular flexibility index (Phi) is 7.23. The molecular formula is C18H31N3O4. The van der Waals surface area contributed by atoms with E-state index in [0.29, 0.717) is 12.3 Å². The lowest BCUT2D eigenvalue weighted by molar-refractivity contribution is -0.128. The Labute approximate surface area is 149 Å². The number of hydrogen-bond acceptors (Lipinski definition) is 6.